The van der Waals surface area contributed by atoms with Gasteiger partial charge < -0.3 is 40.3 Å². The number of ketones is 1. The Bertz CT molecular complexity index is 2350. The second kappa shape index (κ2) is 16.0. The van der Waals surface area contributed by atoms with Gasteiger partial charge in [-0.15, -0.1) is 0 Å². The zero-order valence-electron chi connectivity index (χ0n) is 33.6. The first-order valence-corrected chi connectivity index (χ1v) is 21.2. The van der Waals surface area contributed by atoms with Crippen molar-refractivity contribution in [3.8, 4) is 23.3 Å². The maximum atomic E-state index is 15.0. The minimum atomic E-state index is -1.61. The number of benzene rings is 3. The Labute approximate surface area is 349 Å². The van der Waals surface area contributed by atoms with Crippen molar-refractivity contribution in [2.45, 2.75) is 101 Å². The Morgan fingerprint density at radius 2 is 1.70 bits per heavy atom. The molecule has 3 aliphatic carbocycles. The minimum absolute atomic E-state index is 0.0400. The van der Waals surface area contributed by atoms with Crippen molar-refractivity contribution in [2.24, 2.45) is 29.6 Å². The van der Waals surface area contributed by atoms with Crippen molar-refractivity contribution in [1.82, 2.24) is 0 Å². The highest BCUT2D eigenvalue weighted by atomic mass is 16.6. The summed E-state index contributed by atoms with van der Waals surface area (Å²) in [6.07, 6.45) is 4.37. The van der Waals surface area contributed by atoms with E-state index >= 15 is 0 Å². The van der Waals surface area contributed by atoms with Crippen molar-refractivity contribution in [3.63, 3.8) is 0 Å². The summed E-state index contributed by atoms with van der Waals surface area (Å²) < 4.78 is 12.2. The Morgan fingerprint density at radius 1 is 0.917 bits per heavy atom. The quantitative estimate of drug-likeness (QED) is 0.0888. The van der Waals surface area contributed by atoms with Gasteiger partial charge in [-0.05, 0) is 102 Å². The SMILES string of the molecule is C[C@H](O)CNc1cc(CO)cc([C@H]2C#C[C@H]3CC(=O)Oc4cc(O)c(cc43)C[C@H]3OC(=O)/C(=C\[C@H](O)Cc4cccc(c4)C[C@@H]4C(=O)C[C@H]5C=C[C@@H]6CC[C@]3(O)[C@H]5[C@@H]64)C2)c1. The number of aromatic hydroxyl groups is 1. The van der Waals surface area contributed by atoms with Crippen molar-refractivity contribution in [2.75, 3.05) is 11.9 Å². The number of hydrogen-bond acceptors (Lipinski definition) is 11. The fraction of sp³-hybridized carbons (Fsp3) is 0.449. The largest absolute Gasteiger partial charge is 0.508 e. The lowest BCUT2D eigenvalue weighted by Crippen LogP contribution is -2.64. The average molecular weight is 814 g/mol. The zero-order valence-corrected chi connectivity index (χ0v) is 33.6. The molecule has 0 amide bonds. The van der Waals surface area contributed by atoms with Crippen LogP contribution in [0, 0.1) is 41.4 Å². The molecule has 2 saturated carbocycles. The molecule has 11 heteroatoms. The monoisotopic (exact) mass is 813 g/mol. The van der Waals surface area contributed by atoms with E-state index in [0.29, 0.717) is 47.2 Å². The molecule has 3 aliphatic heterocycles. The normalized spacial score (nSPS) is 33.2. The number of phenolic OH excluding ortho intramolecular Hbond substituents is 1. The van der Waals surface area contributed by atoms with E-state index in [1.165, 1.54) is 12.1 Å². The number of nitrogens with one attached hydrogen (secondary N) is 1. The molecule has 312 valence electrons. The predicted molar refractivity (Wildman–Crippen MR) is 221 cm³/mol. The fourth-order valence-corrected chi connectivity index (χ4v) is 11.0. The van der Waals surface area contributed by atoms with Crippen LogP contribution >= 0.6 is 0 Å². The highest BCUT2D eigenvalue weighted by Crippen LogP contribution is 2.58. The summed E-state index contributed by atoms with van der Waals surface area (Å²) in [6, 6.07) is 16.4. The molecular weight excluding hydrogens is 763 g/mol. The van der Waals surface area contributed by atoms with E-state index < -0.39 is 53.6 Å². The zero-order chi connectivity index (χ0) is 41.9. The molecular formula is C49H51NO10. The van der Waals surface area contributed by atoms with Gasteiger partial charge in [0.15, 0.2) is 0 Å². The summed E-state index contributed by atoms with van der Waals surface area (Å²) >= 11 is 0. The maximum absolute atomic E-state index is 15.0. The van der Waals surface area contributed by atoms with E-state index in [9.17, 15) is 39.9 Å². The minimum Gasteiger partial charge on any atom is -0.508 e. The standard InChI is InChI=1S/C49H51NO10/c1-26(52)24-50-37-13-29(25-51)12-34(17-37)31-6-7-32-22-45(56)59-43-23-41(54)35(19-39(32)43)21-44-49(58)10-9-30-5-8-33-20-42(55)40(46(30)47(33)49)15-28-4-2-3-27(11-28)14-38(53)18-36(16-31)48(57)60-44/h2-5,8,11-13,17-19,23,26,30-33,38,40,44,46-47,50-54,58H,9-10,14-16,20-22,24-25H2,1H3/b36-18-/t26-,30+,31-,32-,33+,38+,40+,44+,46-,47+,49+/m0/s1. The average Bonchev–Trinajstić information content (AvgIpc) is 3.21. The first-order valence-electron chi connectivity index (χ1n) is 21.2. The first kappa shape index (κ1) is 40.2. The number of aliphatic hydroxyl groups is 4. The van der Waals surface area contributed by atoms with Crippen LogP contribution in [0.5, 0.6) is 11.5 Å². The summed E-state index contributed by atoms with van der Waals surface area (Å²) in [4.78, 5) is 42.0. The van der Waals surface area contributed by atoms with Crippen LogP contribution in [-0.4, -0.2) is 73.7 Å². The molecule has 3 heterocycles. The van der Waals surface area contributed by atoms with E-state index in [0.717, 1.165) is 11.1 Å². The molecule has 0 aromatic heterocycles. The molecule has 11 atom stereocenters. The van der Waals surface area contributed by atoms with E-state index in [4.69, 9.17) is 9.47 Å². The number of carbonyl (C=O) groups excluding carboxylic acids is 3. The van der Waals surface area contributed by atoms with Crippen LogP contribution in [0.3, 0.4) is 0 Å². The van der Waals surface area contributed by atoms with Crippen LogP contribution < -0.4 is 10.1 Å². The molecule has 9 rings (SSSR count). The fourth-order valence-electron chi connectivity index (χ4n) is 11.0. The molecule has 3 aromatic carbocycles. The van der Waals surface area contributed by atoms with Gasteiger partial charge in [0.2, 0.25) is 0 Å². The van der Waals surface area contributed by atoms with Crippen LogP contribution in [0.2, 0.25) is 0 Å². The number of phenols is 1. The number of fused-ring (bicyclic) bond motifs is 7. The number of carbonyl (C=O) groups is 3. The second-order valence-electron chi connectivity index (χ2n) is 17.9. The Morgan fingerprint density at radius 3 is 2.50 bits per heavy atom. The number of allylic oxidation sites excluding steroid dienone is 2. The van der Waals surface area contributed by atoms with Crippen molar-refractivity contribution >= 4 is 23.4 Å². The van der Waals surface area contributed by atoms with E-state index in [-0.39, 0.29) is 91.8 Å². The molecule has 2 fully saturated rings. The molecule has 11 nitrogen and oxygen atoms in total. The lowest BCUT2D eigenvalue weighted by molar-refractivity contribution is -0.205. The van der Waals surface area contributed by atoms with Gasteiger partial charge in [0.25, 0.3) is 0 Å². The number of hydrogen-bond donors (Lipinski definition) is 6. The van der Waals surface area contributed by atoms with E-state index in [1.54, 1.807) is 25.1 Å². The van der Waals surface area contributed by atoms with Crippen molar-refractivity contribution < 1.29 is 49.4 Å². The summed E-state index contributed by atoms with van der Waals surface area (Å²) in [7, 11) is 0. The smallest absolute Gasteiger partial charge is 0.334 e. The van der Waals surface area contributed by atoms with Crippen LogP contribution in [0.4, 0.5) is 5.69 Å². The third kappa shape index (κ3) is 7.67. The van der Waals surface area contributed by atoms with Gasteiger partial charge in [0.05, 0.1) is 31.2 Å². The third-order valence-electron chi connectivity index (χ3n) is 13.7. The third-order valence-corrected chi connectivity index (χ3v) is 13.7. The Kier molecular flexibility index (Phi) is 10.7. The Hall–Kier alpha value is -5.25. The molecule has 6 aliphatic rings. The highest BCUT2D eigenvalue weighted by molar-refractivity contribution is 5.89. The van der Waals surface area contributed by atoms with Crippen molar-refractivity contribution in [1.29, 1.82) is 0 Å². The molecule has 60 heavy (non-hydrogen) atoms. The summed E-state index contributed by atoms with van der Waals surface area (Å²) in [5.41, 5.74) is 3.10. The number of anilines is 1. The van der Waals surface area contributed by atoms with Crippen LogP contribution in [0.1, 0.15) is 84.2 Å². The van der Waals surface area contributed by atoms with Gasteiger partial charge in [-0.3, -0.25) is 9.59 Å². The number of aliphatic hydroxyl groups excluding tert-OH is 3. The van der Waals surface area contributed by atoms with Gasteiger partial charge in [-0.2, -0.15) is 0 Å². The molecule has 0 radical (unpaired) electrons. The van der Waals surface area contributed by atoms with Gasteiger partial charge >= 0.3 is 11.9 Å². The topological polar surface area (TPSA) is 183 Å². The van der Waals surface area contributed by atoms with Crippen LogP contribution in [0.15, 0.2) is 78.4 Å². The molecule has 6 N–H and O–H groups in total. The summed E-state index contributed by atoms with van der Waals surface area (Å²) in [6.45, 7) is 1.60. The maximum Gasteiger partial charge on any atom is 0.334 e. The van der Waals surface area contributed by atoms with Gasteiger partial charge in [0, 0.05) is 66.5 Å². The molecule has 0 unspecified atom stereocenters. The lowest BCUT2D eigenvalue weighted by Gasteiger charge is -2.58. The molecule has 3 aromatic rings. The molecule has 0 spiro atoms. The van der Waals surface area contributed by atoms with Gasteiger partial charge in [0.1, 0.15) is 29.0 Å². The molecule has 12 bridgehead atoms. The van der Waals surface area contributed by atoms with E-state index in [2.05, 4.69) is 29.3 Å². The van der Waals surface area contributed by atoms with Gasteiger partial charge in [-0.1, -0.05) is 54.3 Å². The second-order valence-corrected chi connectivity index (χ2v) is 17.9. The number of esters is 2. The summed E-state index contributed by atoms with van der Waals surface area (Å²) in [5.74, 6) is 2.89. The first-order chi connectivity index (χ1) is 28.8. The number of rotatable bonds is 5. The highest BCUT2D eigenvalue weighted by Gasteiger charge is 2.61. The van der Waals surface area contributed by atoms with Crippen LogP contribution in [-0.2, 0) is 45.0 Å². The number of ether oxygens (including phenoxy) is 2. The van der Waals surface area contributed by atoms with Crippen LogP contribution in [0.25, 0.3) is 0 Å². The summed E-state index contributed by atoms with van der Waals surface area (Å²) in [5, 5.41) is 60.2. The Balaban J connectivity index is 1.24. The van der Waals surface area contributed by atoms with Crippen molar-refractivity contribution in [3.05, 3.63) is 112 Å². The number of Topliss-reactive ketones (excluding diaryl/α,β-unsaturated/α-hetero) is 1. The lowest BCUT2D eigenvalue weighted by atomic mass is 9.48. The van der Waals surface area contributed by atoms with E-state index in [1.807, 2.05) is 30.3 Å². The van der Waals surface area contributed by atoms with Gasteiger partial charge in [-0.25, -0.2) is 4.79 Å². The predicted octanol–water partition coefficient (Wildman–Crippen LogP) is 4.95. The molecule has 0 saturated heterocycles.